The van der Waals surface area contributed by atoms with Gasteiger partial charge >= 0.3 is 0 Å². The summed E-state index contributed by atoms with van der Waals surface area (Å²) in [6.45, 7) is 0. The molecular weight excluding hydrogens is 218 g/mol. The number of benzene rings is 1. The van der Waals surface area contributed by atoms with Gasteiger partial charge in [-0.2, -0.15) is 0 Å². The van der Waals surface area contributed by atoms with Crippen LogP contribution in [0.15, 0.2) is 23.1 Å². The fourth-order valence-electron chi connectivity index (χ4n) is 1.44. The average molecular weight is 227 g/mol. The van der Waals surface area contributed by atoms with Crippen LogP contribution in [0.5, 0.6) is 5.75 Å². The Morgan fingerprint density at radius 3 is 2.80 bits per heavy atom. The fraction of sp³-hybridized carbons (Fsp3) is 0.222. The molecule has 2 N–H and O–H groups in total. The number of sulfone groups is 1. The highest BCUT2D eigenvalue weighted by molar-refractivity contribution is 7.91. The van der Waals surface area contributed by atoms with Gasteiger partial charge in [0, 0.05) is 6.42 Å². The molecule has 1 aromatic carbocycles. The molecule has 0 saturated heterocycles. The van der Waals surface area contributed by atoms with Crippen molar-refractivity contribution in [1.82, 2.24) is 0 Å². The van der Waals surface area contributed by atoms with Gasteiger partial charge < -0.3 is 10.4 Å². The van der Waals surface area contributed by atoms with E-state index in [0.29, 0.717) is 0 Å². The molecule has 15 heavy (non-hydrogen) atoms. The Hall–Kier alpha value is -1.56. The Morgan fingerprint density at radius 1 is 1.33 bits per heavy atom. The summed E-state index contributed by atoms with van der Waals surface area (Å²) in [5, 5.41) is 11.8. The summed E-state index contributed by atoms with van der Waals surface area (Å²) in [5.41, 5.74) is -0.0139. The predicted octanol–water partition coefficient (Wildman–Crippen LogP) is 0.508. The van der Waals surface area contributed by atoms with Gasteiger partial charge in [0.25, 0.3) is 0 Å². The highest BCUT2D eigenvalue weighted by Gasteiger charge is 2.26. The number of amides is 1. The Bertz CT molecular complexity index is 521. The molecule has 0 spiro atoms. The molecule has 0 atom stereocenters. The fourth-order valence-corrected chi connectivity index (χ4v) is 2.87. The number of hydrogen-bond donors (Lipinski definition) is 2. The lowest BCUT2D eigenvalue weighted by Crippen LogP contribution is -2.11. The molecule has 80 valence electrons. The molecule has 1 aliphatic rings. The van der Waals surface area contributed by atoms with Crippen LogP contribution in [0.1, 0.15) is 6.42 Å². The van der Waals surface area contributed by atoms with Gasteiger partial charge in [0.05, 0.1) is 10.6 Å². The van der Waals surface area contributed by atoms with Crippen LogP contribution < -0.4 is 5.32 Å². The van der Waals surface area contributed by atoms with Gasteiger partial charge in [-0.1, -0.05) is 6.07 Å². The largest absolute Gasteiger partial charge is 0.506 e. The second-order valence-corrected chi connectivity index (χ2v) is 5.34. The summed E-state index contributed by atoms with van der Waals surface area (Å²) in [5.74, 6) is -0.861. The maximum Gasteiger partial charge on any atom is 0.225 e. The number of rotatable bonds is 0. The van der Waals surface area contributed by atoms with Crippen molar-refractivity contribution in [3.63, 3.8) is 0 Å². The molecule has 2 rings (SSSR count). The zero-order valence-corrected chi connectivity index (χ0v) is 8.54. The molecule has 1 aliphatic heterocycles. The number of fused-ring (bicyclic) bond motifs is 1. The summed E-state index contributed by atoms with van der Waals surface area (Å²) in [4.78, 5) is 11.2. The third-order valence-electron chi connectivity index (χ3n) is 2.20. The zero-order chi connectivity index (χ0) is 11.1. The van der Waals surface area contributed by atoms with E-state index in [4.69, 9.17) is 0 Å². The number of carbonyl (C=O) groups excluding carboxylic acids is 1. The second kappa shape index (κ2) is 3.23. The van der Waals surface area contributed by atoms with Gasteiger partial charge in [-0.25, -0.2) is 8.42 Å². The van der Waals surface area contributed by atoms with Gasteiger partial charge in [0.1, 0.15) is 11.4 Å². The summed E-state index contributed by atoms with van der Waals surface area (Å²) >= 11 is 0. The second-order valence-electron chi connectivity index (χ2n) is 3.27. The van der Waals surface area contributed by atoms with E-state index in [1.54, 1.807) is 0 Å². The first-order valence-corrected chi connectivity index (χ1v) is 6.00. The van der Waals surface area contributed by atoms with E-state index in [1.165, 1.54) is 18.2 Å². The van der Waals surface area contributed by atoms with E-state index in [1.807, 2.05) is 0 Å². The molecule has 0 unspecified atom stereocenters. The Balaban J connectivity index is 2.71. The van der Waals surface area contributed by atoms with Crippen LogP contribution in [0.25, 0.3) is 0 Å². The van der Waals surface area contributed by atoms with Gasteiger partial charge in [0.2, 0.25) is 5.91 Å². The highest BCUT2D eigenvalue weighted by Crippen LogP contribution is 2.33. The molecule has 0 aromatic heterocycles. The standard InChI is InChI=1S/C9H9NO4S/c11-6-2-1-3-7-9(6)10-8(12)4-5-15(7,13)14/h1-3,11H,4-5H2,(H,10,12). The molecule has 1 amide bonds. The third-order valence-corrected chi connectivity index (χ3v) is 3.95. The lowest BCUT2D eigenvalue weighted by atomic mass is 10.3. The third kappa shape index (κ3) is 1.68. The van der Waals surface area contributed by atoms with Crippen LogP contribution in [0.2, 0.25) is 0 Å². The van der Waals surface area contributed by atoms with Gasteiger partial charge in [-0.05, 0) is 12.1 Å². The lowest BCUT2D eigenvalue weighted by molar-refractivity contribution is -0.115. The van der Waals surface area contributed by atoms with Gasteiger partial charge in [0.15, 0.2) is 9.84 Å². The predicted molar refractivity (Wildman–Crippen MR) is 53.4 cm³/mol. The first-order valence-electron chi connectivity index (χ1n) is 4.35. The number of anilines is 1. The van der Waals surface area contributed by atoms with Crippen LogP contribution in [0.4, 0.5) is 5.69 Å². The van der Waals surface area contributed by atoms with E-state index < -0.39 is 15.7 Å². The molecule has 0 bridgehead atoms. The Kier molecular flexibility index (Phi) is 2.15. The molecule has 5 nitrogen and oxygen atoms in total. The van der Waals surface area contributed by atoms with Crippen LogP contribution in [0, 0.1) is 0 Å². The summed E-state index contributed by atoms with van der Waals surface area (Å²) in [6.07, 6.45) is -0.0869. The van der Waals surface area contributed by atoms with Crippen molar-refractivity contribution in [3.05, 3.63) is 18.2 Å². The summed E-state index contributed by atoms with van der Waals surface area (Å²) < 4.78 is 23.4. The SMILES string of the molecule is O=C1CCS(=O)(=O)c2cccc(O)c2N1. The number of hydrogen-bond acceptors (Lipinski definition) is 4. The number of carbonyl (C=O) groups is 1. The van der Waals surface area contributed by atoms with Crippen molar-refractivity contribution >= 4 is 21.4 Å². The molecule has 0 fully saturated rings. The molecule has 1 aromatic rings. The molecule has 6 heteroatoms. The average Bonchev–Trinajstić information content (AvgIpc) is 2.28. The minimum Gasteiger partial charge on any atom is -0.506 e. The minimum absolute atomic E-state index is 0.0139. The maximum absolute atomic E-state index is 11.7. The van der Waals surface area contributed by atoms with Crippen molar-refractivity contribution in [3.8, 4) is 5.75 Å². The molecule has 0 aliphatic carbocycles. The first kappa shape index (κ1) is 9.97. The molecule has 0 saturated carbocycles. The first-order chi connectivity index (χ1) is 7.00. The lowest BCUT2D eigenvalue weighted by Gasteiger charge is -2.07. The summed E-state index contributed by atoms with van der Waals surface area (Å²) in [6, 6.07) is 4.14. The van der Waals surface area contributed by atoms with Crippen LogP contribution in [-0.2, 0) is 14.6 Å². The number of aromatic hydroxyl groups is 1. The van der Waals surface area contributed by atoms with Crippen molar-refractivity contribution in [1.29, 1.82) is 0 Å². The highest BCUT2D eigenvalue weighted by atomic mass is 32.2. The quantitative estimate of drug-likeness (QED) is 0.632. The monoisotopic (exact) mass is 227 g/mol. The Labute approximate surface area is 86.7 Å². The summed E-state index contributed by atoms with van der Waals surface area (Å²) in [7, 11) is -3.48. The van der Waals surface area contributed by atoms with E-state index in [-0.39, 0.29) is 28.5 Å². The number of phenolic OH excluding ortho intramolecular Hbond substituents is 1. The van der Waals surface area contributed by atoms with E-state index in [0.717, 1.165) is 0 Å². The smallest absolute Gasteiger partial charge is 0.225 e. The van der Waals surface area contributed by atoms with E-state index >= 15 is 0 Å². The molecule has 0 radical (unpaired) electrons. The topological polar surface area (TPSA) is 83.5 Å². The van der Waals surface area contributed by atoms with Crippen LogP contribution in [0.3, 0.4) is 0 Å². The molecule has 1 heterocycles. The van der Waals surface area contributed by atoms with Crippen molar-refractivity contribution in [2.24, 2.45) is 0 Å². The normalized spacial score (nSPS) is 18.8. The van der Waals surface area contributed by atoms with Crippen molar-refractivity contribution in [2.75, 3.05) is 11.1 Å². The van der Waals surface area contributed by atoms with Gasteiger partial charge in [-0.3, -0.25) is 4.79 Å². The van der Waals surface area contributed by atoms with Crippen LogP contribution in [-0.4, -0.2) is 25.2 Å². The maximum atomic E-state index is 11.7. The van der Waals surface area contributed by atoms with Gasteiger partial charge in [-0.15, -0.1) is 0 Å². The minimum atomic E-state index is -3.48. The number of phenols is 1. The van der Waals surface area contributed by atoms with Crippen LogP contribution >= 0.6 is 0 Å². The zero-order valence-electron chi connectivity index (χ0n) is 7.73. The number of para-hydroxylation sites is 1. The Morgan fingerprint density at radius 2 is 2.07 bits per heavy atom. The molecular formula is C9H9NO4S. The van der Waals surface area contributed by atoms with E-state index in [9.17, 15) is 18.3 Å². The van der Waals surface area contributed by atoms with Crippen molar-refractivity contribution in [2.45, 2.75) is 11.3 Å². The van der Waals surface area contributed by atoms with Crippen molar-refractivity contribution < 1.29 is 18.3 Å². The van der Waals surface area contributed by atoms with E-state index in [2.05, 4.69) is 5.32 Å². The number of nitrogens with one attached hydrogen (secondary N) is 1.